The molecule has 2 aromatic carbocycles. The lowest BCUT2D eigenvalue weighted by Gasteiger charge is -2.14. The summed E-state index contributed by atoms with van der Waals surface area (Å²) >= 11 is 3.34. The third-order valence-corrected chi connectivity index (χ3v) is 3.00. The van der Waals surface area contributed by atoms with Gasteiger partial charge in [0.2, 0.25) is 0 Å². The standard InChI is InChI=1S/C14H13BrFNO/c1-9(17)12-6-3-7-13(16)14(12)18-11-5-2-4-10(15)8-11/h2-9H,17H2,1H3. The average molecular weight is 310 g/mol. The highest BCUT2D eigenvalue weighted by Gasteiger charge is 2.13. The number of hydrogen-bond acceptors (Lipinski definition) is 2. The van der Waals surface area contributed by atoms with Crippen molar-refractivity contribution in [2.24, 2.45) is 5.73 Å². The highest BCUT2D eigenvalue weighted by Crippen LogP contribution is 2.32. The van der Waals surface area contributed by atoms with Crippen LogP contribution in [0.4, 0.5) is 4.39 Å². The molecule has 1 atom stereocenters. The molecule has 0 aliphatic carbocycles. The molecule has 18 heavy (non-hydrogen) atoms. The monoisotopic (exact) mass is 309 g/mol. The molecule has 0 amide bonds. The molecule has 2 aromatic rings. The van der Waals surface area contributed by atoms with Crippen molar-refractivity contribution in [3.63, 3.8) is 0 Å². The molecule has 0 fully saturated rings. The molecule has 0 saturated carbocycles. The summed E-state index contributed by atoms with van der Waals surface area (Å²) in [6.07, 6.45) is 0. The van der Waals surface area contributed by atoms with E-state index in [0.717, 1.165) is 4.47 Å². The molecule has 0 heterocycles. The SMILES string of the molecule is CC(N)c1cccc(F)c1Oc1cccc(Br)c1. The summed E-state index contributed by atoms with van der Waals surface area (Å²) in [5.74, 6) is 0.340. The van der Waals surface area contributed by atoms with Gasteiger partial charge in [0.25, 0.3) is 0 Å². The van der Waals surface area contributed by atoms with Gasteiger partial charge in [-0.1, -0.05) is 34.1 Å². The number of ether oxygens (including phenoxy) is 1. The van der Waals surface area contributed by atoms with Gasteiger partial charge in [-0.3, -0.25) is 0 Å². The summed E-state index contributed by atoms with van der Waals surface area (Å²) in [6.45, 7) is 1.79. The summed E-state index contributed by atoms with van der Waals surface area (Å²) in [5.41, 5.74) is 6.46. The van der Waals surface area contributed by atoms with E-state index in [1.165, 1.54) is 6.07 Å². The normalized spacial score (nSPS) is 12.2. The van der Waals surface area contributed by atoms with Crippen molar-refractivity contribution in [1.29, 1.82) is 0 Å². The van der Waals surface area contributed by atoms with Crippen LogP contribution in [0.1, 0.15) is 18.5 Å². The maximum Gasteiger partial charge on any atom is 0.167 e. The number of rotatable bonds is 3. The summed E-state index contributed by atoms with van der Waals surface area (Å²) < 4.78 is 20.3. The van der Waals surface area contributed by atoms with Crippen LogP contribution in [0.3, 0.4) is 0 Å². The van der Waals surface area contributed by atoms with Crippen molar-refractivity contribution < 1.29 is 9.13 Å². The Labute approximate surface area is 114 Å². The van der Waals surface area contributed by atoms with Gasteiger partial charge in [0.05, 0.1) is 0 Å². The first-order chi connectivity index (χ1) is 8.58. The van der Waals surface area contributed by atoms with Crippen molar-refractivity contribution in [2.45, 2.75) is 13.0 Å². The molecule has 94 valence electrons. The van der Waals surface area contributed by atoms with Crippen LogP contribution in [0.25, 0.3) is 0 Å². The van der Waals surface area contributed by atoms with E-state index in [1.54, 1.807) is 31.2 Å². The predicted molar refractivity (Wildman–Crippen MR) is 73.2 cm³/mol. The van der Waals surface area contributed by atoms with Crippen LogP contribution in [0.5, 0.6) is 11.5 Å². The fourth-order valence-electron chi connectivity index (χ4n) is 1.64. The third-order valence-electron chi connectivity index (χ3n) is 2.50. The molecule has 0 bridgehead atoms. The van der Waals surface area contributed by atoms with Crippen LogP contribution < -0.4 is 10.5 Å². The van der Waals surface area contributed by atoms with Gasteiger partial charge in [-0.25, -0.2) is 4.39 Å². The zero-order chi connectivity index (χ0) is 13.1. The van der Waals surface area contributed by atoms with E-state index in [1.807, 2.05) is 12.1 Å². The predicted octanol–water partition coefficient (Wildman–Crippen LogP) is 4.40. The maximum atomic E-state index is 13.8. The van der Waals surface area contributed by atoms with Crippen LogP contribution in [0.15, 0.2) is 46.9 Å². The van der Waals surface area contributed by atoms with Crippen molar-refractivity contribution >= 4 is 15.9 Å². The van der Waals surface area contributed by atoms with Crippen LogP contribution in [0, 0.1) is 5.82 Å². The van der Waals surface area contributed by atoms with E-state index in [9.17, 15) is 4.39 Å². The molecule has 0 aromatic heterocycles. The number of para-hydroxylation sites is 1. The fraction of sp³-hybridized carbons (Fsp3) is 0.143. The fourth-order valence-corrected chi connectivity index (χ4v) is 2.02. The van der Waals surface area contributed by atoms with Gasteiger partial charge < -0.3 is 10.5 Å². The molecule has 1 unspecified atom stereocenters. The Balaban J connectivity index is 2.39. The van der Waals surface area contributed by atoms with Crippen molar-refractivity contribution in [3.8, 4) is 11.5 Å². The van der Waals surface area contributed by atoms with Gasteiger partial charge in [0.1, 0.15) is 5.75 Å². The molecule has 0 aliphatic heterocycles. The van der Waals surface area contributed by atoms with Gasteiger partial charge in [-0.2, -0.15) is 0 Å². The third kappa shape index (κ3) is 2.89. The van der Waals surface area contributed by atoms with E-state index in [2.05, 4.69) is 15.9 Å². The van der Waals surface area contributed by atoms with Crippen molar-refractivity contribution in [3.05, 3.63) is 58.3 Å². The minimum absolute atomic E-state index is 0.186. The molecular formula is C14H13BrFNO. The van der Waals surface area contributed by atoms with Crippen LogP contribution >= 0.6 is 15.9 Å². The molecule has 2 rings (SSSR count). The molecule has 0 saturated heterocycles. The first-order valence-corrected chi connectivity index (χ1v) is 6.34. The number of benzene rings is 2. The summed E-state index contributed by atoms with van der Waals surface area (Å²) in [4.78, 5) is 0. The second-order valence-electron chi connectivity index (χ2n) is 4.01. The summed E-state index contributed by atoms with van der Waals surface area (Å²) in [6, 6.07) is 11.7. The van der Waals surface area contributed by atoms with Crippen molar-refractivity contribution in [2.75, 3.05) is 0 Å². The maximum absolute atomic E-state index is 13.8. The molecule has 2 N–H and O–H groups in total. The van der Waals surface area contributed by atoms with Crippen LogP contribution in [-0.2, 0) is 0 Å². The Kier molecular flexibility index (Phi) is 3.99. The molecule has 0 spiro atoms. The van der Waals surface area contributed by atoms with Gasteiger partial charge in [-0.05, 0) is 31.2 Å². The van der Waals surface area contributed by atoms with Crippen molar-refractivity contribution in [1.82, 2.24) is 0 Å². The van der Waals surface area contributed by atoms with Crippen LogP contribution in [-0.4, -0.2) is 0 Å². The highest BCUT2D eigenvalue weighted by atomic mass is 79.9. The summed E-state index contributed by atoms with van der Waals surface area (Å²) in [7, 11) is 0. The first-order valence-electron chi connectivity index (χ1n) is 5.55. The second-order valence-corrected chi connectivity index (χ2v) is 4.92. The Bertz CT molecular complexity index is 557. The average Bonchev–Trinajstić information content (AvgIpc) is 2.31. The lowest BCUT2D eigenvalue weighted by Crippen LogP contribution is -2.07. The quantitative estimate of drug-likeness (QED) is 0.912. The lowest BCUT2D eigenvalue weighted by molar-refractivity contribution is 0.432. The van der Waals surface area contributed by atoms with Gasteiger partial charge >= 0.3 is 0 Å². The van der Waals surface area contributed by atoms with E-state index in [-0.39, 0.29) is 11.8 Å². The molecule has 4 heteroatoms. The van der Waals surface area contributed by atoms with Gasteiger partial charge in [0, 0.05) is 16.1 Å². The molecule has 2 nitrogen and oxygen atoms in total. The van der Waals surface area contributed by atoms with E-state index in [0.29, 0.717) is 11.3 Å². The number of nitrogens with two attached hydrogens (primary N) is 1. The van der Waals surface area contributed by atoms with E-state index in [4.69, 9.17) is 10.5 Å². The topological polar surface area (TPSA) is 35.2 Å². The van der Waals surface area contributed by atoms with E-state index >= 15 is 0 Å². The van der Waals surface area contributed by atoms with Crippen LogP contribution in [0.2, 0.25) is 0 Å². The first kappa shape index (κ1) is 13.1. The molecular weight excluding hydrogens is 297 g/mol. The smallest absolute Gasteiger partial charge is 0.167 e. The van der Waals surface area contributed by atoms with Gasteiger partial charge in [0.15, 0.2) is 11.6 Å². The zero-order valence-electron chi connectivity index (χ0n) is 9.86. The van der Waals surface area contributed by atoms with Gasteiger partial charge in [-0.15, -0.1) is 0 Å². The zero-order valence-corrected chi connectivity index (χ0v) is 11.4. The second kappa shape index (κ2) is 5.50. The minimum Gasteiger partial charge on any atom is -0.454 e. The lowest BCUT2D eigenvalue weighted by atomic mass is 10.1. The molecule has 0 radical (unpaired) electrons. The molecule has 0 aliphatic rings. The highest BCUT2D eigenvalue weighted by molar-refractivity contribution is 9.10. The summed E-state index contributed by atoms with van der Waals surface area (Å²) in [5, 5.41) is 0. The Hall–Kier alpha value is -1.39. The number of hydrogen-bond donors (Lipinski definition) is 1. The Morgan fingerprint density at radius 2 is 1.94 bits per heavy atom. The number of halogens is 2. The van der Waals surface area contributed by atoms with E-state index < -0.39 is 5.82 Å². The Morgan fingerprint density at radius 3 is 2.61 bits per heavy atom. The minimum atomic E-state index is -0.412. The largest absolute Gasteiger partial charge is 0.454 e. The Morgan fingerprint density at radius 1 is 1.22 bits per heavy atom.